The van der Waals surface area contributed by atoms with E-state index in [2.05, 4.69) is 42.7 Å². The minimum absolute atomic E-state index is 0.168. The highest BCUT2D eigenvalue weighted by Gasteiger charge is 2.42. The molecule has 33 heavy (non-hydrogen) atoms. The second kappa shape index (κ2) is 8.72. The fourth-order valence-corrected chi connectivity index (χ4v) is 6.17. The van der Waals surface area contributed by atoms with Gasteiger partial charge in [0.05, 0.1) is 14.2 Å². The summed E-state index contributed by atoms with van der Waals surface area (Å²) in [6.45, 7) is 11.9. The van der Waals surface area contributed by atoms with Gasteiger partial charge in [0.1, 0.15) is 22.9 Å². The summed E-state index contributed by atoms with van der Waals surface area (Å²) >= 11 is 0. The molecule has 1 unspecified atom stereocenters. The largest absolute Gasteiger partial charge is 0.497 e. The van der Waals surface area contributed by atoms with Crippen LogP contribution in [-0.2, 0) is 20.7 Å². The van der Waals surface area contributed by atoms with Crippen molar-refractivity contribution in [1.82, 2.24) is 0 Å². The van der Waals surface area contributed by atoms with Crippen LogP contribution >= 0.6 is 0 Å². The third-order valence-electron chi connectivity index (χ3n) is 7.01. The van der Waals surface area contributed by atoms with Gasteiger partial charge in [-0.3, -0.25) is 4.18 Å². The van der Waals surface area contributed by atoms with Gasteiger partial charge in [0, 0.05) is 49.5 Å². The fraction of sp³-hybridized carbons (Fsp3) is 0.520. The van der Waals surface area contributed by atoms with E-state index in [1.807, 2.05) is 19.1 Å². The molecule has 1 fully saturated rings. The topological polar surface area (TPSA) is 68.3 Å². The first-order chi connectivity index (χ1) is 15.6. The lowest BCUT2D eigenvalue weighted by Crippen LogP contribution is -2.47. The van der Waals surface area contributed by atoms with Crippen molar-refractivity contribution >= 4 is 21.5 Å². The Labute approximate surface area is 197 Å². The van der Waals surface area contributed by atoms with Crippen molar-refractivity contribution in [2.45, 2.75) is 39.7 Å². The van der Waals surface area contributed by atoms with Gasteiger partial charge >= 0.3 is 0 Å². The molecule has 180 valence electrons. The number of piperazine rings is 1. The Balaban J connectivity index is 1.56. The normalized spacial score (nSPS) is 20.5. The molecule has 0 amide bonds. The van der Waals surface area contributed by atoms with E-state index >= 15 is 0 Å². The van der Waals surface area contributed by atoms with Crippen LogP contribution in [0.5, 0.6) is 11.5 Å². The molecule has 0 saturated carbocycles. The highest BCUT2D eigenvalue weighted by molar-refractivity contribution is 7.86. The van der Waals surface area contributed by atoms with Gasteiger partial charge in [-0.25, -0.2) is 0 Å². The van der Waals surface area contributed by atoms with E-state index in [9.17, 15) is 8.42 Å². The van der Waals surface area contributed by atoms with Gasteiger partial charge in [0.2, 0.25) is 0 Å². The molecule has 0 aromatic heterocycles. The molecule has 2 aliphatic rings. The van der Waals surface area contributed by atoms with E-state index in [0.29, 0.717) is 6.42 Å². The lowest BCUT2D eigenvalue weighted by molar-refractivity contribution is 0.137. The highest BCUT2D eigenvalue weighted by Crippen LogP contribution is 2.46. The molecule has 0 N–H and O–H groups in total. The Hall–Kier alpha value is -2.45. The smallest absolute Gasteiger partial charge is 0.271 e. The minimum Gasteiger partial charge on any atom is -0.497 e. The Morgan fingerprint density at radius 2 is 1.55 bits per heavy atom. The van der Waals surface area contributed by atoms with Gasteiger partial charge in [0.15, 0.2) is 0 Å². The van der Waals surface area contributed by atoms with Crippen molar-refractivity contribution < 1.29 is 22.1 Å². The van der Waals surface area contributed by atoms with Crippen LogP contribution in [0.2, 0.25) is 0 Å². The van der Waals surface area contributed by atoms with Gasteiger partial charge in [-0.05, 0) is 68.7 Å². The van der Waals surface area contributed by atoms with Crippen molar-refractivity contribution in [3.05, 3.63) is 46.5 Å². The van der Waals surface area contributed by atoms with E-state index in [4.69, 9.17) is 13.7 Å². The highest BCUT2D eigenvalue weighted by atomic mass is 32.2. The number of fused-ring (bicyclic) bond motifs is 1. The Bertz CT molecular complexity index is 1140. The molecule has 4 rings (SSSR count). The first-order valence-electron chi connectivity index (χ1n) is 11.3. The summed E-state index contributed by atoms with van der Waals surface area (Å²) in [7, 11) is -0.750. The van der Waals surface area contributed by atoms with Crippen LogP contribution in [0.1, 0.15) is 29.2 Å². The summed E-state index contributed by atoms with van der Waals surface area (Å²) in [6, 6.07) is 8.22. The number of hydrogen-bond donors (Lipinski definition) is 0. The molecule has 1 atom stereocenters. The summed E-state index contributed by atoms with van der Waals surface area (Å²) in [5.41, 5.74) is 6.21. The number of anilines is 2. The summed E-state index contributed by atoms with van der Waals surface area (Å²) in [5.74, 6) is 1.53. The first-order valence-corrected chi connectivity index (χ1v) is 12.9. The third kappa shape index (κ3) is 4.51. The van der Waals surface area contributed by atoms with Crippen molar-refractivity contribution in [3.63, 3.8) is 0 Å². The lowest BCUT2D eigenvalue weighted by atomic mass is 9.91. The van der Waals surface area contributed by atoms with Crippen LogP contribution < -0.4 is 19.3 Å². The second-order valence-electron chi connectivity index (χ2n) is 9.30. The van der Waals surface area contributed by atoms with Gasteiger partial charge in [-0.15, -0.1) is 0 Å². The molecular weight excluding hydrogens is 440 g/mol. The molecule has 2 aromatic carbocycles. The van der Waals surface area contributed by atoms with Crippen LogP contribution in [0.3, 0.4) is 0 Å². The van der Waals surface area contributed by atoms with E-state index in [1.165, 1.54) is 29.6 Å². The molecule has 2 aliphatic heterocycles. The van der Waals surface area contributed by atoms with Crippen molar-refractivity contribution in [1.29, 1.82) is 0 Å². The summed E-state index contributed by atoms with van der Waals surface area (Å²) in [6.07, 6.45) is 0.552. The van der Waals surface area contributed by atoms with Crippen molar-refractivity contribution in [2.24, 2.45) is 0 Å². The van der Waals surface area contributed by atoms with Crippen molar-refractivity contribution in [3.8, 4) is 11.5 Å². The third-order valence-corrected chi connectivity index (χ3v) is 8.48. The first kappa shape index (κ1) is 23.7. The minimum atomic E-state index is -3.63. The Kier molecular flexibility index (Phi) is 6.26. The quantitative estimate of drug-likeness (QED) is 0.593. The van der Waals surface area contributed by atoms with Crippen LogP contribution in [0.15, 0.2) is 24.3 Å². The number of nitrogens with zero attached hydrogens (tertiary/aromatic N) is 2. The summed E-state index contributed by atoms with van der Waals surface area (Å²) in [5, 5.41) is 0. The molecule has 1 saturated heterocycles. The molecular formula is C25H34N2O5S. The van der Waals surface area contributed by atoms with Crippen LogP contribution in [0.25, 0.3) is 0 Å². The number of benzene rings is 2. The van der Waals surface area contributed by atoms with E-state index in [0.717, 1.165) is 48.8 Å². The maximum atomic E-state index is 12.1. The Morgan fingerprint density at radius 1 is 0.939 bits per heavy atom. The zero-order valence-corrected chi connectivity index (χ0v) is 21.2. The molecule has 8 heteroatoms. The SMILES string of the molecule is COc1ccc(N2CCN(c3c(C)c(C)c4c(c3C)CC(C)(CS(=O)(=O)OC)O4)CC2)cc1. The van der Waals surface area contributed by atoms with Gasteiger partial charge < -0.3 is 19.3 Å². The van der Waals surface area contributed by atoms with E-state index in [1.54, 1.807) is 7.11 Å². The molecule has 2 heterocycles. The number of methoxy groups -OCH3 is 1. The van der Waals surface area contributed by atoms with Gasteiger partial charge in [-0.2, -0.15) is 8.42 Å². The average Bonchev–Trinajstić information content (AvgIpc) is 3.15. The molecule has 7 nitrogen and oxygen atoms in total. The van der Waals surface area contributed by atoms with Crippen LogP contribution in [-0.4, -0.2) is 60.2 Å². The molecule has 0 bridgehead atoms. The van der Waals surface area contributed by atoms with Gasteiger partial charge in [0.25, 0.3) is 10.1 Å². The summed E-state index contributed by atoms with van der Waals surface area (Å²) < 4.78 is 40.5. The maximum absolute atomic E-state index is 12.1. The lowest BCUT2D eigenvalue weighted by Gasteiger charge is -2.39. The Morgan fingerprint density at radius 3 is 2.12 bits per heavy atom. The monoisotopic (exact) mass is 474 g/mol. The predicted octanol–water partition coefficient (Wildman–Crippen LogP) is 3.62. The molecule has 0 aliphatic carbocycles. The predicted molar refractivity (Wildman–Crippen MR) is 132 cm³/mol. The maximum Gasteiger partial charge on any atom is 0.271 e. The zero-order valence-electron chi connectivity index (χ0n) is 20.4. The average molecular weight is 475 g/mol. The second-order valence-corrected chi connectivity index (χ2v) is 11.0. The van der Waals surface area contributed by atoms with E-state index in [-0.39, 0.29) is 5.75 Å². The molecule has 0 radical (unpaired) electrons. The zero-order chi connectivity index (χ0) is 24.0. The molecule has 2 aromatic rings. The number of ether oxygens (including phenoxy) is 2. The van der Waals surface area contributed by atoms with Gasteiger partial charge in [-0.1, -0.05) is 0 Å². The van der Waals surface area contributed by atoms with Crippen LogP contribution in [0.4, 0.5) is 11.4 Å². The summed E-state index contributed by atoms with van der Waals surface area (Å²) in [4.78, 5) is 4.86. The standard InChI is InChI=1S/C25H34N2O5S/c1-17-18(2)24-22(15-25(4,32-24)16-33(28,29)31-6)19(3)23(17)27-13-11-26(12-14-27)20-7-9-21(30-5)10-8-20/h7-10H,11-16H2,1-6H3. The molecule has 0 spiro atoms. The van der Waals surface area contributed by atoms with Crippen molar-refractivity contribution in [2.75, 3.05) is 56.0 Å². The van der Waals surface area contributed by atoms with Crippen LogP contribution in [0, 0.1) is 20.8 Å². The fourth-order valence-electron chi connectivity index (χ4n) is 5.15. The number of hydrogen-bond acceptors (Lipinski definition) is 7. The van der Waals surface area contributed by atoms with E-state index < -0.39 is 15.7 Å². The number of rotatable bonds is 6.